The first-order valence-corrected chi connectivity index (χ1v) is 8.02. The van der Waals surface area contributed by atoms with Gasteiger partial charge in [0.1, 0.15) is 17.7 Å². The molecule has 6 nitrogen and oxygen atoms in total. The molecule has 3 N–H and O–H groups in total. The number of benzene rings is 2. The van der Waals surface area contributed by atoms with E-state index in [0.717, 1.165) is 11.1 Å². The SMILES string of the molecule is CC(NC(=O)/C(C#N)=C\NC(c1ccccc1)c1ccccc1)C(=O)O. The molecule has 1 unspecified atom stereocenters. The molecule has 26 heavy (non-hydrogen) atoms. The minimum Gasteiger partial charge on any atom is -0.480 e. The van der Waals surface area contributed by atoms with Crippen LogP contribution in [0, 0.1) is 11.3 Å². The molecule has 0 spiro atoms. The molecule has 0 saturated heterocycles. The maximum Gasteiger partial charge on any atom is 0.325 e. The number of rotatable bonds is 7. The van der Waals surface area contributed by atoms with Gasteiger partial charge in [0.05, 0.1) is 6.04 Å². The first-order chi connectivity index (χ1) is 12.5. The van der Waals surface area contributed by atoms with Crippen LogP contribution in [0.2, 0.25) is 0 Å². The van der Waals surface area contributed by atoms with Crippen LogP contribution >= 0.6 is 0 Å². The molecule has 0 bridgehead atoms. The van der Waals surface area contributed by atoms with Gasteiger partial charge in [-0.25, -0.2) is 0 Å². The van der Waals surface area contributed by atoms with Crippen molar-refractivity contribution in [1.29, 1.82) is 5.26 Å². The molecule has 2 aromatic carbocycles. The van der Waals surface area contributed by atoms with Gasteiger partial charge in [-0.15, -0.1) is 0 Å². The Morgan fingerprint density at radius 1 is 1.04 bits per heavy atom. The summed E-state index contributed by atoms with van der Waals surface area (Å²) in [6.07, 6.45) is 1.31. The number of aliphatic carboxylic acids is 1. The largest absolute Gasteiger partial charge is 0.480 e. The van der Waals surface area contributed by atoms with Gasteiger partial charge in [-0.1, -0.05) is 60.7 Å². The third kappa shape index (κ3) is 4.95. The lowest BCUT2D eigenvalue weighted by Crippen LogP contribution is -2.39. The van der Waals surface area contributed by atoms with E-state index in [4.69, 9.17) is 5.11 Å². The maximum atomic E-state index is 12.1. The van der Waals surface area contributed by atoms with Crippen molar-refractivity contribution >= 4 is 11.9 Å². The van der Waals surface area contributed by atoms with E-state index in [-0.39, 0.29) is 11.6 Å². The Morgan fingerprint density at radius 2 is 1.54 bits per heavy atom. The summed E-state index contributed by atoms with van der Waals surface area (Å²) in [5.74, 6) is -1.91. The molecule has 132 valence electrons. The summed E-state index contributed by atoms with van der Waals surface area (Å²) in [5.41, 5.74) is 1.73. The van der Waals surface area contributed by atoms with E-state index >= 15 is 0 Å². The zero-order chi connectivity index (χ0) is 18.9. The van der Waals surface area contributed by atoms with Gasteiger partial charge in [0.25, 0.3) is 5.91 Å². The molecule has 0 aliphatic heterocycles. The summed E-state index contributed by atoms with van der Waals surface area (Å²) >= 11 is 0. The Labute approximate surface area is 151 Å². The van der Waals surface area contributed by atoms with E-state index in [9.17, 15) is 14.9 Å². The van der Waals surface area contributed by atoms with Crippen LogP contribution in [0.5, 0.6) is 0 Å². The predicted molar refractivity (Wildman–Crippen MR) is 96.8 cm³/mol. The molecule has 1 atom stereocenters. The van der Waals surface area contributed by atoms with Crippen LogP contribution in [-0.4, -0.2) is 23.0 Å². The van der Waals surface area contributed by atoms with E-state index in [1.165, 1.54) is 13.1 Å². The van der Waals surface area contributed by atoms with E-state index in [2.05, 4.69) is 10.6 Å². The second-order valence-electron chi connectivity index (χ2n) is 5.62. The fraction of sp³-hybridized carbons (Fsp3) is 0.150. The van der Waals surface area contributed by atoms with Crippen LogP contribution in [0.1, 0.15) is 24.1 Å². The Balaban J connectivity index is 2.24. The van der Waals surface area contributed by atoms with E-state index in [1.54, 1.807) is 6.07 Å². The molecule has 0 saturated carbocycles. The highest BCUT2D eigenvalue weighted by molar-refractivity contribution is 5.99. The molecule has 2 rings (SSSR count). The van der Waals surface area contributed by atoms with Gasteiger partial charge in [0, 0.05) is 6.20 Å². The van der Waals surface area contributed by atoms with Crippen molar-refractivity contribution in [1.82, 2.24) is 10.6 Å². The van der Waals surface area contributed by atoms with Gasteiger partial charge >= 0.3 is 5.97 Å². The van der Waals surface area contributed by atoms with Crippen LogP contribution in [0.25, 0.3) is 0 Å². The number of hydrogen-bond donors (Lipinski definition) is 3. The monoisotopic (exact) mass is 349 g/mol. The minimum absolute atomic E-state index is 0.199. The smallest absolute Gasteiger partial charge is 0.325 e. The van der Waals surface area contributed by atoms with Crippen molar-refractivity contribution in [3.8, 4) is 6.07 Å². The number of hydrogen-bond acceptors (Lipinski definition) is 4. The quantitative estimate of drug-likeness (QED) is 0.526. The van der Waals surface area contributed by atoms with Crippen molar-refractivity contribution in [3.63, 3.8) is 0 Å². The highest BCUT2D eigenvalue weighted by Gasteiger charge is 2.18. The Morgan fingerprint density at radius 3 is 1.96 bits per heavy atom. The highest BCUT2D eigenvalue weighted by atomic mass is 16.4. The van der Waals surface area contributed by atoms with Crippen LogP contribution in [0.15, 0.2) is 72.4 Å². The number of nitriles is 1. The fourth-order valence-electron chi connectivity index (χ4n) is 2.33. The van der Waals surface area contributed by atoms with E-state index < -0.39 is 17.9 Å². The second kappa shape index (κ2) is 9.04. The number of carbonyl (C=O) groups excluding carboxylic acids is 1. The molecule has 0 heterocycles. The van der Waals surface area contributed by atoms with Crippen LogP contribution < -0.4 is 10.6 Å². The average molecular weight is 349 g/mol. The molecule has 0 fully saturated rings. The third-order valence-corrected chi connectivity index (χ3v) is 3.74. The first kappa shape index (κ1) is 18.7. The fourth-order valence-corrected chi connectivity index (χ4v) is 2.33. The molecule has 6 heteroatoms. The predicted octanol–water partition coefficient (Wildman–Crippen LogP) is 2.36. The lowest BCUT2D eigenvalue weighted by Gasteiger charge is -2.19. The molecule has 1 amide bonds. The summed E-state index contributed by atoms with van der Waals surface area (Å²) in [7, 11) is 0. The zero-order valence-electron chi connectivity index (χ0n) is 14.2. The summed E-state index contributed by atoms with van der Waals surface area (Å²) in [6.45, 7) is 1.33. The third-order valence-electron chi connectivity index (χ3n) is 3.74. The first-order valence-electron chi connectivity index (χ1n) is 8.02. The topological polar surface area (TPSA) is 102 Å². The van der Waals surface area contributed by atoms with Crippen molar-refractivity contribution in [2.24, 2.45) is 0 Å². The lowest BCUT2D eigenvalue weighted by atomic mass is 9.99. The summed E-state index contributed by atoms with van der Waals surface area (Å²) < 4.78 is 0. The van der Waals surface area contributed by atoms with E-state index in [1.807, 2.05) is 60.7 Å². The summed E-state index contributed by atoms with van der Waals surface area (Å²) in [5, 5.41) is 23.5. The molecule has 2 aromatic rings. The average Bonchev–Trinajstić information content (AvgIpc) is 2.66. The molecule has 0 aliphatic carbocycles. The Bertz CT molecular complexity index is 787. The summed E-state index contributed by atoms with van der Waals surface area (Å²) in [4.78, 5) is 22.9. The van der Waals surface area contributed by atoms with Gasteiger partial charge in [-0.2, -0.15) is 5.26 Å². The van der Waals surface area contributed by atoms with Crippen LogP contribution in [0.3, 0.4) is 0 Å². The van der Waals surface area contributed by atoms with Gasteiger partial charge < -0.3 is 15.7 Å². The normalized spacial score (nSPS) is 12.1. The molecule has 0 radical (unpaired) electrons. The van der Waals surface area contributed by atoms with Crippen molar-refractivity contribution in [2.75, 3.05) is 0 Å². The number of carboxylic acid groups (broad SMARTS) is 1. The zero-order valence-corrected chi connectivity index (χ0v) is 14.2. The molecule has 0 aliphatic rings. The highest BCUT2D eigenvalue weighted by Crippen LogP contribution is 2.21. The minimum atomic E-state index is -1.17. The van der Waals surface area contributed by atoms with Crippen molar-refractivity contribution in [2.45, 2.75) is 19.0 Å². The molecular weight excluding hydrogens is 330 g/mol. The summed E-state index contributed by atoms with van der Waals surface area (Å²) in [6, 6.07) is 19.7. The maximum absolute atomic E-state index is 12.1. The lowest BCUT2D eigenvalue weighted by molar-refractivity contribution is -0.140. The molecular formula is C20H19N3O3. The van der Waals surface area contributed by atoms with Gasteiger partial charge in [-0.05, 0) is 18.1 Å². The van der Waals surface area contributed by atoms with Crippen molar-refractivity contribution < 1.29 is 14.7 Å². The van der Waals surface area contributed by atoms with Gasteiger partial charge in [0.15, 0.2) is 0 Å². The van der Waals surface area contributed by atoms with E-state index in [0.29, 0.717) is 0 Å². The Hall–Kier alpha value is -3.59. The number of carbonyl (C=O) groups is 2. The van der Waals surface area contributed by atoms with Crippen molar-refractivity contribution in [3.05, 3.63) is 83.6 Å². The second-order valence-corrected chi connectivity index (χ2v) is 5.62. The number of nitrogens with zero attached hydrogens (tertiary/aromatic N) is 1. The standard InChI is InChI=1S/C20H19N3O3/c1-14(20(25)26)23-19(24)17(12-21)13-22-18(15-8-4-2-5-9-15)16-10-6-3-7-11-16/h2-11,13-14,18,22H,1H3,(H,23,24)(H,25,26)/b17-13-. The van der Waals surface area contributed by atoms with Gasteiger partial charge in [0.2, 0.25) is 0 Å². The number of carboxylic acids is 1. The Kier molecular flexibility index (Phi) is 6.52. The number of nitrogens with one attached hydrogen (secondary N) is 2. The van der Waals surface area contributed by atoms with Crippen LogP contribution in [-0.2, 0) is 9.59 Å². The van der Waals surface area contributed by atoms with Gasteiger partial charge in [-0.3, -0.25) is 9.59 Å². The number of amides is 1. The molecule has 0 aromatic heterocycles. The van der Waals surface area contributed by atoms with Crippen LogP contribution in [0.4, 0.5) is 0 Å².